The maximum Gasteiger partial charge on any atom is 0.222 e. The molecular formula is C19H27NO3S2. The lowest BCUT2D eigenvalue weighted by Gasteiger charge is -2.53. The van der Waals surface area contributed by atoms with Crippen LogP contribution in [0.15, 0.2) is 30.3 Å². The molecule has 4 nitrogen and oxygen atoms in total. The molecule has 0 aromatic heterocycles. The molecule has 1 aliphatic rings. The highest BCUT2D eigenvalue weighted by Gasteiger charge is 2.49. The summed E-state index contributed by atoms with van der Waals surface area (Å²) in [6, 6.07) is 10.2. The molecular weight excluding hydrogens is 354 g/mol. The molecule has 1 saturated heterocycles. The molecule has 1 amide bonds. The average Bonchev–Trinajstić information content (AvgIpc) is 2.52. The van der Waals surface area contributed by atoms with Crippen molar-refractivity contribution in [1.82, 2.24) is 4.90 Å². The first kappa shape index (κ1) is 20.2. The number of thiocarbonyl (C=S) groups is 1. The Bertz CT molecular complexity index is 616. The molecule has 0 bridgehead atoms. The summed E-state index contributed by atoms with van der Waals surface area (Å²) in [7, 11) is 0. The van der Waals surface area contributed by atoms with E-state index in [2.05, 4.69) is 26.0 Å². The summed E-state index contributed by atoms with van der Waals surface area (Å²) in [4.78, 5) is 14.0. The van der Waals surface area contributed by atoms with Gasteiger partial charge in [-0.2, -0.15) is 0 Å². The molecule has 1 heterocycles. The molecule has 0 saturated carbocycles. The van der Waals surface area contributed by atoms with Gasteiger partial charge in [-0.3, -0.25) is 4.79 Å². The number of amides is 1. The van der Waals surface area contributed by atoms with E-state index in [9.17, 15) is 4.79 Å². The van der Waals surface area contributed by atoms with Crippen molar-refractivity contribution in [2.24, 2.45) is 5.41 Å². The van der Waals surface area contributed by atoms with Crippen molar-refractivity contribution in [1.29, 1.82) is 0 Å². The van der Waals surface area contributed by atoms with Gasteiger partial charge >= 0.3 is 0 Å². The summed E-state index contributed by atoms with van der Waals surface area (Å²) >= 11 is 6.86. The predicted octanol–water partition coefficient (Wildman–Crippen LogP) is 4.23. The number of hydrogen-bond acceptors (Lipinski definition) is 5. The molecule has 0 aliphatic carbocycles. The number of ether oxygens (including phenoxy) is 2. The Kier molecular flexibility index (Phi) is 6.51. The monoisotopic (exact) mass is 381 g/mol. The standard InChI is InChI=1S/C19H27NO3S2/c1-14(21)20-16(18(2,3)13-23-19(20,4)5)25-17(24)22-12-11-15-9-7-6-8-10-15/h6-10,16H,11-13H2,1-5H3. The van der Waals surface area contributed by atoms with Crippen LogP contribution in [0.1, 0.15) is 40.2 Å². The van der Waals surface area contributed by atoms with Gasteiger partial charge in [0.05, 0.1) is 18.6 Å². The van der Waals surface area contributed by atoms with Crippen molar-refractivity contribution in [3.63, 3.8) is 0 Å². The lowest BCUT2D eigenvalue weighted by atomic mass is 9.90. The van der Waals surface area contributed by atoms with E-state index in [0.29, 0.717) is 17.6 Å². The highest BCUT2D eigenvalue weighted by molar-refractivity contribution is 8.23. The Balaban J connectivity index is 1.99. The van der Waals surface area contributed by atoms with Crippen LogP contribution in [-0.2, 0) is 20.7 Å². The molecule has 25 heavy (non-hydrogen) atoms. The topological polar surface area (TPSA) is 38.8 Å². The number of nitrogens with zero attached hydrogens (tertiary/aromatic N) is 1. The van der Waals surface area contributed by atoms with E-state index in [4.69, 9.17) is 21.7 Å². The van der Waals surface area contributed by atoms with Crippen molar-refractivity contribution in [3.05, 3.63) is 35.9 Å². The quantitative estimate of drug-likeness (QED) is 0.730. The second-order valence-electron chi connectivity index (χ2n) is 7.42. The molecule has 1 unspecified atom stereocenters. The van der Waals surface area contributed by atoms with Crippen LogP contribution in [0.2, 0.25) is 0 Å². The Hall–Kier alpha value is -1.11. The molecule has 138 valence electrons. The fourth-order valence-corrected chi connectivity index (χ4v) is 4.50. The molecule has 1 aromatic carbocycles. The smallest absolute Gasteiger partial charge is 0.222 e. The number of hydrogen-bond donors (Lipinski definition) is 0. The van der Waals surface area contributed by atoms with Crippen molar-refractivity contribution in [2.45, 2.75) is 52.1 Å². The van der Waals surface area contributed by atoms with Crippen molar-refractivity contribution in [3.8, 4) is 0 Å². The minimum atomic E-state index is -0.654. The number of rotatable bonds is 4. The fraction of sp³-hybridized carbons (Fsp3) is 0.579. The van der Waals surface area contributed by atoms with E-state index in [-0.39, 0.29) is 16.7 Å². The van der Waals surface area contributed by atoms with Gasteiger partial charge in [0.1, 0.15) is 5.72 Å². The number of benzene rings is 1. The summed E-state index contributed by atoms with van der Waals surface area (Å²) in [5.41, 5.74) is 0.338. The SMILES string of the molecule is CC(=O)N1C(SC(=S)OCCc2ccccc2)C(C)(C)COC1(C)C. The van der Waals surface area contributed by atoms with Gasteiger partial charge in [0.2, 0.25) is 10.3 Å². The van der Waals surface area contributed by atoms with Crippen LogP contribution < -0.4 is 0 Å². The molecule has 1 aliphatic heterocycles. The third-order valence-corrected chi connectivity index (χ3v) is 6.07. The van der Waals surface area contributed by atoms with Crippen LogP contribution in [0.4, 0.5) is 0 Å². The van der Waals surface area contributed by atoms with Gasteiger partial charge in [0.15, 0.2) is 0 Å². The van der Waals surface area contributed by atoms with Crippen LogP contribution in [0, 0.1) is 5.41 Å². The van der Waals surface area contributed by atoms with Crippen LogP contribution >= 0.6 is 24.0 Å². The summed E-state index contributed by atoms with van der Waals surface area (Å²) in [5.74, 6) is -0.0256. The van der Waals surface area contributed by atoms with E-state index in [0.717, 1.165) is 6.42 Å². The first-order chi connectivity index (χ1) is 11.6. The lowest BCUT2D eigenvalue weighted by Crippen LogP contribution is -2.63. The first-order valence-corrected chi connectivity index (χ1v) is 9.73. The Labute approximate surface area is 160 Å². The summed E-state index contributed by atoms with van der Waals surface area (Å²) in [5, 5.41) is -0.127. The van der Waals surface area contributed by atoms with Gasteiger partial charge in [-0.15, -0.1) is 0 Å². The zero-order chi connectivity index (χ0) is 18.7. The predicted molar refractivity (Wildman–Crippen MR) is 106 cm³/mol. The Morgan fingerprint density at radius 2 is 1.96 bits per heavy atom. The Morgan fingerprint density at radius 1 is 1.32 bits per heavy atom. The maximum atomic E-state index is 12.2. The first-order valence-electron chi connectivity index (χ1n) is 8.45. The van der Waals surface area contributed by atoms with Gasteiger partial charge in [-0.1, -0.05) is 55.9 Å². The second-order valence-corrected chi connectivity index (χ2v) is 9.10. The van der Waals surface area contributed by atoms with Gasteiger partial charge < -0.3 is 14.4 Å². The van der Waals surface area contributed by atoms with Gasteiger partial charge in [0, 0.05) is 18.8 Å². The molecule has 0 N–H and O–H groups in total. The summed E-state index contributed by atoms with van der Waals surface area (Å²) < 4.78 is 12.1. The van der Waals surface area contributed by atoms with Crippen LogP contribution in [-0.4, -0.2) is 39.5 Å². The lowest BCUT2D eigenvalue weighted by molar-refractivity contribution is -0.211. The molecule has 6 heteroatoms. The third kappa shape index (κ3) is 5.19. The Morgan fingerprint density at radius 3 is 2.56 bits per heavy atom. The minimum absolute atomic E-state index is 0.0256. The second kappa shape index (κ2) is 8.06. The van der Waals surface area contributed by atoms with Crippen LogP contribution in [0.3, 0.4) is 0 Å². The fourth-order valence-electron chi connectivity index (χ4n) is 2.91. The highest BCUT2D eigenvalue weighted by atomic mass is 32.2. The van der Waals surface area contributed by atoms with E-state index < -0.39 is 5.72 Å². The molecule has 2 rings (SSSR count). The minimum Gasteiger partial charge on any atom is -0.478 e. The largest absolute Gasteiger partial charge is 0.478 e. The third-order valence-electron chi connectivity index (χ3n) is 4.28. The van der Waals surface area contributed by atoms with E-state index in [1.165, 1.54) is 17.3 Å². The number of carbonyl (C=O) groups is 1. The van der Waals surface area contributed by atoms with Gasteiger partial charge in [-0.05, 0) is 31.6 Å². The van der Waals surface area contributed by atoms with E-state index >= 15 is 0 Å². The van der Waals surface area contributed by atoms with Crippen LogP contribution in [0.5, 0.6) is 0 Å². The number of carbonyl (C=O) groups excluding carboxylic acids is 1. The molecule has 0 radical (unpaired) electrons. The molecule has 1 fully saturated rings. The van der Waals surface area contributed by atoms with E-state index in [1.807, 2.05) is 32.0 Å². The summed E-state index contributed by atoms with van der Waals surface area (Å²) in [6.45, 7) is 10.7. The molecule has 1 atom stereocenters. The normalized spacial score (nSPS) is 21.6. The number of thioether (sulfide) groups is 1. The maximum absolute atomic E-state index is 12.2. The zero-order valence-corrected chi connectivity index (χ0v) is 17.2. The van der Waals surface area contributed by atoms with Crippen LogP contribution in [0.25, 0.3) is 0 Å². The molecule has 0 spiro atoms. The van der Waals surface area contributed by atoms with Gasteiger partial charge in [0.25, 0.3) is 0 Å². The van der Waals surface area contributed by atoms with Crippen molar-refractivity contribution >= 4 is 34.3 Å². The highest BCUT2D eigenvalue weighted by Crippen LogP contribution is 2.43. The van der Waals surface area contributed by atoms with E-state index in [1.54, 1.807) is 11.8 Å². The van der Waals surface area contributed by atoms with Crippen molar-refractivity contribution in [2.75, 3.05) is 13.2 Å². The average molecular weight is 382 g/mol. The van der Waals surface area contributed by atoms with Crippen molar-refractivity contribution < 1.29 is 14.3 Å². The summed E-state index contributed by atoms with van der Waals surface area (Å²) in [6.07, 6.45) is 0.806. The zero-order valence-electron chi connectivity index (χ0n) is 15.6. The molecule has 1 aromatic rings. The van der Waals surface area contributed by atoms with Gasteiger partial charge in [-0.25, -0.2) is 0 Å².